The van der Waals surface area contributed by atoms with Gasteiger partial charge in [0.2, 0.25) is 0 Å². The molecular formula is C23H21N5O3S. The number of carbonyl (C=O) groups excluding carboxylic acids is 1. The van der Waals surface area contributed by atoms with Crippen molar-refractivity contribution >= 4 is 33.8 Å². The van der Waals surface area contributed by atoms with E-state index in [9.17, 15) is 14.9 Å². The van der Waals surface area contributed by atoms with E-state index >= 15 is 0 Å². The van der Waals surface area contributed by atoms with Gasteiger partial charge >= 0.3 is 5.69 Å². The van der Waals surface area contributed by atoms with Crippen molar-refractivity contribution in [2.45, 2.75) is 27.3 Å². The minimum absolute atomic E-state index is 0.152. The van der Waals surface area contributed by atoms with Gasteiger partial charge in [-0.1, -0.05) is 42.0 Å². The van der Waals surface area contributed by atoms with Gasteiger partial charge in [-0.2, -0.15) is 5.10 Å². The van der Waals surface area contributed by atoms with Crippen LogP contribution in [0.2, 0.25) is 0 Å². The van der Waals surface area contributed by atoms with Crippen LogP contribution < -0.4 is 4.90 Å². The highest BCUT2D eigenvalue weighted by Crippen LogP contribution is 2.34. The van der Waals surface area contributed by atoms with Crippen molar-refractivity contribution in [1.29, 1.82) is 0 Å². The third kappa shape index (κ3) is 4.42. The number of nitro groups is 1. The van der Waals surface area contributed by atoms with Gasteiger partial charge in [0.25, 0.3) is 5.91 Å². The summed E-state index contributed by atoms with van der Waals surface area (Å²) in [5.41, 5.74) is 5.39. The number of thiazole rings is 1. The number of nitrogens with zero attached hydrogens (tertiary/aromatic N) is 5. The normalized spacial score (nSPS) is 10.8. The molecule has 0 bridgehead atoms. The van der Waals surface area contributed by atoms with Crippen molar-refractivity contribution < 1.29 is 9.72 Å². The summed E-state index contributed by atoms with van der Waals surface area (Å²) in [6.45, 7) is 5.77. The second kappa shape index (κ2) is 8.72. The van der Waals surface area contributed by atoms with Crippen molar-refractivity contribution in [2.24, 2.45) is 0 Å². The van der Waals surface area contributed by atoms with Crippen molar-refractivity contribution in [3.8, 4) is 11.3 Å². The van der Waals surface area contributed by atoms with E-state index in [2.05, 4.69) is 5.10 Å². The molecule has 0 N–H and O–H groups in total. The topological polar surface area (TPSA) is 94.2 Å². The third-order valence-corrected chi connectivity index (χ3v) is 5.84. The summed E-state index contributed by atoms with van der Waals surface area (Å²) in [4.78, 5) is 30.1. The summed E-state index contributed by atoms with van der Waals surface area (Å²) in [5.74, 6) is -0.290. The van der Waals surface area contributed by atoms with Crippen LogP contribution in [0, 0.1) is 30.9 Å². The molecule has 9 heteroatoms. The summed E-state index contributed by atoms with van der Waals surface area (Å²) < 4.78 is 1.27. The van der Waals surface area contributed by atoms with E-state index < -0.39 is 4.92 Å². The maximum Gasteiger partial charge on any atom is 0.307 e. The second-order valence-electron chi connectivity index (χ2n) is 7.55. The predicted octanol–water partition coefficient (Wildman–Crippen LogP) is 5.20. The van der Waals surface area contributed by atoms with E-state index in [0.717, 1.165) is 39.8 Å². The summed E-state index contributed by atoms with van der Waals surface area (Å²) in [6, 6.07) is 13.9. The Labute approximate surface area is 188 Å². The predicted molar refractivity (Wildman–Crippen MR) is 124 cm³/mol. The molecule has 0 fully saturated rings. The number of aryl methyl sites for hydroxylation is 3. The molecule has 0 saturated carbocycles. The summed E-state index contributed by atoms with van der Waals surface area (Å²) in [6.07, 6.45) is 2.38. The zero-order chi connectivity index (χ0) is 22.8. The molecule has 0 aliphatic rings. The number of anilines is 2. The van der Waals surface area contributed by atoms with Gasteiger partial charge in [-0.3, -0.25) is 24.5 Å². The lowest BCUT2D eigenvalue weighted by molar-refractivity contribution is -0.385. The van der Waals surface area contributed by atoms with Gasteiger partial charge in [0.1, 0.15) is 18.9 Å². The standard InChI is InChI=1S/C23H21N5O3S/c1-15-5-8-18(9-6-15)20-14-32-23(25-20)27(21-10-16(2)4-7-17(21)3)22(29)13-26-12-19(11-24-26)28(30)31/h4-12,14H,13H2,1-3H3. The highest BCUT2D eigenvalue weighted by atomic mass is 32.1. The van der Waals surface area contributed by atoms with Crippen molar-refractivity contribution in [1.82, 2.24) is 14.8 Å². The van der Waals surface area contributed by atoms with Crippen LogP contribution in [0.1, 0.15) is 16.7 Å². The monoisotopic (exact) mass is 447 g/mol. The van der Waals surface area contributed by atoms with Gasteiger partial charge in [-0.25, -0.2) is 4.98 Å². The number of hydrogen-bond donors (Lipinski definition) is 0. The largest absolute Gasteiger partial charge is 0.307 e. The maximum absolute atomic E-state index is 13.4. The molecule has 2 heterocycles. The van der Waals surface area contributed by atoms with Gasteiger partial charge in [0.15, 0.2) is 5.13 Å². The van der Waals surface area contributed by atoms with Crippen molar-refractivity contribution in [3.05, 3.63) is 87.0 Å². The fourth-order valence-corrected chi connectivity index (χ4v) is 4.13. The quantitative estimate of drug-likeness (QED) is 0.299. The molecular weight excluding hydrogens is 426 g/mol. The Morgan fingerprint density at radius 2 is 1.84 bits per heavy atom. The van der Waals surface area contributed by atoms with E-state index in [1.165, 1.54) is 22.2 Å². The highest BCUT2D eigenvalue weighted by molar-refractivity contribution is 7.14. The number of amides is 1. The minimum atomic E-state index is -0.537. The lowest BCUT2D eigenvalue weighted by atomic mass is 10.1. The Hall–Kier alpha value is -3.85. The average Bonchev–Trinajstić information content (AvgIpc) is 3.42. The van der Waals surface area contributed by atoms with Gasteiger partial charge in [0, 0.05) is 10.9 Å². The molecule has 162 valence electrons. The molecule has 8 nitrogen and oxygen atoms in total. The molecule has 1 amide bonds. The van der Waals surface area contributed by atoms with E-state index in [1.54, 1.807) is 4.90 Å². The van der Waals surface area contributed by atoms with Gasteiger partial charge in [-0.15, -0.1) is 11.3 Å². The number of aromatic nitrogens is 3. The molecule has 2 aromatic heterocycles. The molecule has 32 heavy (non-hydrogen) atoms. The van der Waals surface area contributed by atoms with Crippen molar-refractivity contribution in [3.63, 3.8) is 0 Å². The molecule has 2 aromatic carbocycles. The molecule has 0 aliphatic heterocycles. The highest BCUT2D eigenvalue weighted by Gasteiger charge is 2.24. The van der Waals surface area contributed by atoms with E-state index in [1.807, 2.05) is 68.6 Å². The van der Waals surface area contributed by atoms with Crippen LogP contribution in [0.15, 0.2) is 60.2 Å². The van der Waals surface area contributed by atoms with Crippen LogP contribution >= 0.6 is 11.3 Å². The Balaban J connectivity index is 1.72. The number of benzene rings is 2. The average molecular weight is 448 g/mol. The fourth-order valence-electron chi connectivity index (χ4n) is 3.27. The first-order valence-corrected chi connectivity index (χ1v) is 10.8. The minimum Gasteiger partial charge on any atom is -0.272 e. The SMILES string of the molecule is Cc1ccc(-c2csc(N(C(=O)Cn3cc([N+](=O)[O-])cn3)c3cc(C)ccc3C)n2)cc1. The molecule has 4 aromatic rings. The van der Waals surface area contributed by atoms with E-state index in [0.29, 0.717) is 5.13 Å². The molecule has 0 spiro atoms. The molecule has 0 radical (unpaired) electrons. The lowest BCUT2D eigenvalue weighted by Gasteiger charge is -2.22. The molecule has 0 atom stereocenters. The zero-order valence-electron chi connectivity index (χ0n) is 17.8. The Bertz CT molecular complexity index is 1290. The lowest BCUT2D eigenvalue weighted by Crippen LogP contribution is -2.30. The van der Waals surface area contributed by atoms with Crippen LogP contribution in [0.3, 0.4) is 0 Å². The van der Waals surface area contributed by atoms with Crippen molar-refractivity contribution in [2.75, 3.05) is 4.90 Å². The third-order valence-electron chi connectivity index (χ3n) is 5.01. The Morgan fingerprint density at radius 3 is 2.53 bits per heavy atom. The number of carbonyl (C=O) groups is 1. The number of hydrogen-bond acceptors (Lipinski definition) is 6. The van der Waals surface area contributed by atoms with Crippen LogP contribution in [-0.2, 0) is 11.3 Å². The molecule has 4 rings (SSSR count). The first-order chi connectivity index (χ1) is 15.3. The smallest absolute Gasteiger partial charge is 0.272 e. The van der Waals surface area contributed by atoms with Crippen LogP contribution in [0.5, 0.6) is 0 Å². The van der Waals surface area contributed by atoms with Crippen LogP contribution in [0.25, 0.3) is 11.3 Å². The van der Waals surface area contributed by atoms with Crippen LogP contribution in [0.4, 0.5) is 16.5 Å². The van der Waals surface area contributed by atoms with Gasteiger partial charge < -0.3 is 0 Å². The second-order valence-corrected chi connectivity index (χ2v) is 8.39. The Kier molecular flexibility index (Phi) is 5.83. The maximum atomic E-state index is 13.4. The Morgan fingerprint density at radius 1 is 1.12 bits per heavy atom. The van der Waals surface area contributed by atoms with Crippen LogP contribution in [-0.4, -0.2) is 25.6 Å². The van der Waals surface area contributed by atoms with E-state index in [-0.39, 0.29) is 18.1 Å². The first kappa shape index (κ1) is 21.4. The number of rotatable bonds is 6. The fraction of sp³-hybridized carbons (Fsp3) is 0.174. The molecule has 0 saturated heterocycles. The zero-order valence-corrected chi connectivity index (χ0v) is 18.7. The summed E-state index contributed by atoms with van der Waals surface area (Å²) >= 11 is 1.37. The molecule has 0 aliphatic carbocycles. The van der Waals surface area contributed by atoms with Gasteiger partial charge in [0.05, 0.1) is 16.3 Å². The summed E-state index contributed by atoms with van der Waals surface area (Å²) in [7, 11) is 0. The summed E-state index contributed by atoms with van der Waals surface area (Å²) in [5, 5.41) is 17.4. The van der Waals surface area contributed by atoms with Gasteiger partial charge in [-0.05, 0) is 38.0 Å². The molecule has 0 unspecified atom stereocenters. The van der Waals surface area contributed by atoms with E-state index in [4.69, 9.17) is 4.98 Å². The first-order valence-electron chi connectivity index (χ1n) is 9.91.